The van der Waals surface area contributed by atoms with Gasteiger partial charge in [0.15, 0.2) is 0 Å². The van der Waals surface area contributed by atoms with E-state index < -0.39 is 27.4 Å². The second-order valence-corrected chi connectivity index (χ2v) is 6.40. The molecule has 2 N–H and O–H groups in total. The molecule has 21 heavy (non-hydrogen) atoms. The van der Waals surface area contributed by atoms with Gasteiger partial charge in [0.1, 0.15) is 5.82 Å². The van der Waals surface area contributed by atoms with Gasteiger partial charge in [-0.1, -0.05) is 26.2 Å². The third kappa shape index (κ3) is 5.09. The van der Waals surface area contributed by atoms with Crippen molar-refractivity contribution >= 4 is 16.0 Å². The molecule has 0 bridgehead atoms. The summed E-state index contributed by atoms with van der Waals surface area (Å²) < 4.78 is 41.5. The van der Waals surface area contributed by atoms with Crippen molar-refractivity contribution in [3.8, 4) is 0 Å². The quantitative estimate of drug-likeness (QED) is 0.618. The van der Waals surface area contributed by atoms with Crippen LogP contribution in [0.1, 0.15) is 48.5 Å². The van der Waals surface area contributed by atoms with Gasteiger partial charge in [0.05, 0.1) is 17.1 Å². The van der Waals surface area contributed by atoms with Crippen LogP contribution in [-0.2, 0) is 14.8 Å². The second-order valence-electron chi connectivity index (χ2n) is 4.84. The molecule has 118 valence electrons. The first-order chi connectivity index (χ1) is 9.77. The van der Waals surface area contributed by atoms with Crippen LogP contribution in [0.5, 0.6) is 0 Å². The molecule has 0 saturated carbocycles. The first-order valence-corrected chi connectivity index (χ1v) is 8.32. The lowest BCUT2D eigenvalue weighted by molar-refractivity contribution is 0.0492. The van der Waals surface area contributed by atoms with Gasteiger partial charge in [-0.05, 0) is 31.0 Å². The Labute approximate surface area is 124 Å². The largest absolute Gasteiger partial charge is 0.462 e. The maximum atomic E-state index is 13.9. The van der Waals surface area contributed by atoms with Crippen LogP contribution in [0.25, 0.3) is 0 Å². The maximum absolute atomic E-state index is 13.9. The number of hydrogen-bond acceptors (Lipinski definition) is 4. The Kier molecular flexibility index (Phi) is 6.29. The number of nitrogens with two attached hydrogens (primary N) is 1. The van der Waals surface area contributed by atoms with Gasteiger partial charge in [-0.15, -0.1) is 0 Å². The van der Waals surface area contributed by atoms with E-state index in [4.69, 9.17) is 9.88 Å². The monoisotopic (exact) mass is 317 g/mol. The van der Waals surface area contributed by atoms with Crippen molar-refractivity contribution in [2.45, 2.75) is 44.4 Å². The third-order valence-corrected chi connectivity index (χ3v) is 3.90. The minimum absolute atomic E-state index is 0.0273. The highest BCUT2D eigenvalue weighted by molar-refractivity contribution is 7.89. The van der Waals surface area contributed by atoms with Gasteiger partial charge >= 0.3 is 5.97 Å². The average Bonchev–Trinajstić information content (AvgIpc) is 2.40. The van der Waals surface area contributed by atoms with Crippen LogP contribution >= 0.6 is 0 Å². The van der Waals surface area contributed by atoms with Crippen molar-refractivity contribution < 1.29 is 22.3 Å². The van der Waals surface area contributed by atoms with Gasteiger partial charge in [0.25, 0.3) is 0 Å². The first kappa shape index (κ1) is 17.6. The lowest BCUT2D eigenvalue weighted by Gasteiger charge is -2.09. The highest BCUT2D eigenvalue weighted by Gasteiger charge is 2.20. The minimum Gasteiger partial charge on any atom is -0.462 e. The van der Waals surface area contributed by atoms with Crippen LogP contribution in [0.4, 0.5) is 4.39 Å². The van der Waals surface area contributed by atoms with E-state index in [0.717, 1.165) is 31.4 Å². The summed E-state index contributed by atoms with van der Waals surface area (Å²) in [5.41, 5.74) is -0.381. The number of carbonyl (C=O) groups excluding carboxylic acids is 1. The number of primary sulfonamides is 1. The predicted molar refractivity (Wildman–Crippen MR) is 76.9 cm³/mol. The summed E-state index contributed by atoms with van der Waals surface area (Å²) in [6.45, 7) is 3.60. The molecule has 0 aliphatic carbocycles. The molecule has 0 fully saturated rings. The highest BCUT2D eigenvalue weighted by atomic mass is 32.2. The Morgan fingerprint density at radius 1 is 1.29 bits per heavy atom. The molecule has 7 heteroatoms. The predicted octanol–water partition coefficient (Wildman–Crippen LogP) is 2.52. The Bertz CT molecular complexity index is 614. The van der Waals surface area contributed by atoms with Crippen molar-refractivity contribution in [1.82, 2.24) is 0 Å². The normalized spacial score (nSPS) is 11.4. The lowest BCUT2D eigenvalue weighted by atomic mass is 10.1. The van der Waals surface area contributed by atoms with Crippen LogP contribution in [0.15, 0.2) is 17.0 Å². The summed E-state index contributed by atoms with van der Waals surface area (Å²) in [5, 5.41) is 5.00. The van der Waals surface area contributed by atoms with E-state index in [-0.39, 0.29) is 17.1 Å². The van der Waals surface area contributed by atoms with Gasteiger partial charge in [-0.25, -0.2) is 22.7 Å². The number of esters is 1. The van der Waals surface area contributed by atoms with E-state index in [2.05, 4.69) is 6.92 Å². The zero-order chi connectivity index (χ0) is 16.0. The molecule has 0 aromatic heterocycles. The minimum atomic E-state index is -4.01. The number of hydrogen-bond donors (Lipinski definition) is 1. The fourth-order valence-electron chi connectivity index (χ4n) is 1.82. The molecule has 1 rings (SSSR count). The highest BCUT2D eigenvalue weighted by Crippen LogP contribution is 2.19. The molecule has 1 aromatic carbocycles. The molecule has 0 spiro atoms. The zero-order valence-electron chi connectivity index (χ0n) is 12.2. The fraction of sp³-hybridized carbons (Fsp3) is 0.500. The summed E-state index contributed by atoms with van der Waals surface area (Å²) in [6.07, 6.45) is 3.70. The van der Waals surface area contributed by atoms with E-state index in [0.29, 0.717) is 6.42 Å². The van der Waals surface area contributed by atoms with Crippen LogP contribution in [-0.4, -0.2) is 21.0 Å². The summed E-state index contributed by atoms with van der Waals surface area (Å²) in [5.74, 6) is -1.67. The maximum Gasteiger partial charge on any atom is 0.341 e. The van der Waals surface area contributed by atoms with E-state index in [1.165, 1.54) is 6.92 Å². The second kappa shape index (κ2) is 7.51. The number of ether oxygens (including phenoxy) is 1. The number of sulfonamides is 1. The number of benzene rings is 1. The van der Waals surface area contributed by atoms with E-state index in [9.17, 15) is 17.6 Å². The van der Waals surface area contributed by atoms with Gasteiger partial charge in [0.2, 0.25) is 10.0 Å². The fourth-order valence-corrected chi connectivity index (χ4v) is 2.44. The van der Waals surface area contributed by atoms with Crippen LogP contribution in [0.3, 0.4) is 0 Å². The van der Waals surface area contributed by atoms with Crippen molar-refractivity contribution in [3.63, 3.8) is 0 Å². The standard InChI is InChI=1S/C14H20FNO4S/c1-3-4-5-6-7-20-14(17)12-9-11(21(16,18)19)8-10(2)13(12)15/h8-9H,3-7H2,1-2H3,(H2,16,18,19). The Morgan fingerprint density at radius 2 is 1.95 bits per heavy atom. The smallest absolute Gasteiger partial charge is 0.341 e. The van der Waals surface area contributed by atoms with Gasteiger partial charge in [-0.3, -0.25) is 0 Å². The molecular formula is C14H20FNO4S. The van der Waals surface area contributed by atoms with Gasteiger partial charge in [-0.2, -0.15) is 0 Å². The summed E-state index contributed by atoms with van der Waals surface area (Å²) in [7, 11) is -4.01. The molecule has 0 unspecified atom stereocenters. The number of halogens is 1. The molecule has 0 amide bonds. The third-order valence-electron chi connectivity index (χ3n) is 3.01. The number of rotatable bonds is 7. The molecule has 0 aliphatic heterocycles. The Hall–Kier alpha value is -1.47. The van der Waals surface area contributed by atoms with Gasteiger partial charge in [0, 0.05) is 0 Å². The van der Waals surface area contributed by atoms with E-state index in [1.807, 2.05) is 0 Å². The molecule has 0 radical (unpaired) electrons. The topological polar surface area (TPSA) is 86.5 Å². The van der Waals surface area contributed by atoms with Gasteiger partial charge < -0.3 is 4.74 Å². The lowest BCUT2D eigenvalue weighted by Crippen LogP contribution is -2.16. The molecule has 0 saturated heterocycles. The molecule has 1 aromatic rings. The summed E-state index contributed by atoms with van der Waals surface area (Å²) >= 11 is 0. The van der Waals surface area contributed by atoms with Crippen LogP contribution in [0, 0.1) is 12.7 Å². The molecule has 0 heterocycles. The summed E-state index contributed by atoms with van der Waals surface area (Å²) in [6, 6.07) is 1.99. The zero-order valence-corrected chi connectivity index (χ0v) is 13.0. The van der Waals surface area contributed by atoms with Crippen LogP contribution in [0.2, 0.25) is 0 Å². The Morgan fingerprint density at radius 3 is 2.52 bits per heavy atom. The average molecular weight is 317 g/mol. The number of unbranched alkanes of at least 4 members (excludes halogenated alkanes) is 3. The first-order valence-electron chi connectivity index (χ1n) is 6.77. The molecule has 0 aliphatic rings. The Balaban J connectivity index is 2.86. The SMILES string of the molecule is CCCCCCOC(=O)c1cc(S(N)(=O)=O)cc(C)c1F. The van der Waals surface area contributed by atoms with Crippen molar-refractivity contribution in [1.29, 1.82) is 0 Å². The van der Waals surface area contributed by atoms with E-state index in [1.54, 1.807) is 0 Å². The molecule has 0 atom stereocenters. The van der Waals surface area contributed by atoms with Crippen molar-refractivity contribution in [2.24, 2.45) is 5.14 Å². The van der Waals surface area contributed by atoms with Crippen LogP contribution < -0.4 is 5.14 Å². The molecule has 5 nitrogen and oxygen atoms in total. The molecular weight excluding hydrogens is 297 g/mol. The number of aryl methyl sites for hydroxylation is 1. The van der Waals surface area contributed by atoms with E-state index >= 15 is 0 Å². The number of carbonyl (C=O) groups is 1. The van der Waals surface area contributed by atoms with Crippen molar-refractivity contribution in [2.75, 3.05) is 6.61 Å². The van der Waals surface area contributed by atoms with Crippen molar-refractivity contribution in [3.05, 3.63) is 29.1 Å². The summed E-state index contributed by atoms with van der Waals surface area (Å²) in [4.78, 5) is 11.5.